The van der Waals surface area contributed by atoms with Crippen molar-refractivity contribution in [1.29, 1.82) is 0 Å². The van der Waals surface area contributed by atoms with Crippen molar-refractivity contribution in [1.82, 2.24) is 10.2 Å². The Kier molecular flexibility index (Phi) is 5.88. The van der Waals surface area contributed by atoms with E-state index in [0.29, 0.717) is 12.1 Å². The molecule has 0 saturated heterocycles. The Morgan fingerprint density at radius 1 is 1.50 bits per heavy atom. The minimum atomic E-state index is -1.22. The van der Waals surface area contributed by atoms with Crippen LogP contribution in [0.1, 0.15) is 18.5 Å². The normalized spacial score (nSPS) is 11.2. The maximum atomic E-state index is 12.0. The maximum absolute atomic E-state index is 12.0. The molecule has 0 unspecified atom stereocenters. The Morgan fingerprint density at radius 3 is 2.65 bits per heavy atom. The monoisotopic (exact) mass is 294 g/mol. The van der Waals surface area contributed by atoms with Crippen LogP contribution in [-0.4, -0.2) is 35.1 Å². The van der Waals surface area contributed by atoms with Crippen molar-refractivity contribution in [2.75, 3.05) is 13.1 Å². The number of nitrogens with one attached hydrogen (secondary N) is 1. The molecular weight excluding hydrogens is 280 g/mol. The van der Waals surface area contributed by atoms with E-state index >= 15 is 0 Å². The maximum Gasteiger partial charge on any atom is 0.331 e. The summed E-state index contributed by atoms with van der Waals surface area (Å²) >= 11 is 5.96. The third kappa shape index (κ3) is 3.90. The Hall–Kier alpha value is -2.19. The summed E-state index contributed by atoms with van der Waals surface area (Å²) < 4.78 is 0. The number of nitrogens with zero attached hydrogens (tertiary/aromatic N) is 1. The van der Waals surface area contributed by atoms with Gasteiger partial charge in [0.2, 0.25) is 0 Å². The molecule has 0 radical (unpaired) electrons. The second kappa shape index (κ2) is 7.41. The zero-order chi connectivity index (χ0) is 15.1. The molecule has 5 nitrogen and oxygen atoms in total. The zero-order valence-electron chi connectivity index (χ0n) is 11.0. The van der Waals surface area contributed by atoms with Gasteiger partial charge >= 0.3 is 12.0 Å². The highest BCUT2D eigenvalue weighted by molar-refractivity contribution is 6.31. The highest BCUT2D eigenvalue weighted by atomic mass is 35.5. The van der Waals surface area contributed by atoms with E-state index in [1.54, 1.807) is 31.2 Å². The Morgan fingerprint density at radius 2 is 2.15 bits per heavy atom. The summed E-state index contributed by atoms with van der Waals surface area (Å²) in [6, 6.07) is 4.70. The van der Waals surface area contributed by atoms with Crippen LogP contribution >= 0.6 is 11.6 Å². The third-order valence-corrected chi connectivity index (χ3v) is 3.03. The first-order chi connectivity index (χ1) is 9.51. The van der Waals surface area contributed by atoms with Crippen molar-refractivity contribution >= 4 is 23.6 Å². The van der Waals surface area contributed by atoms with Crippen molar-refractivity contribution in [2.24, 2.45) is 0 Å². The fourth-order valence-corrected chi connectivity index (χ4v) is 1.88. The first-order valence-corrected chi connectivity index (χ1v) is 6.35. The number of hydrogen-bond acceptors (Lipinski definition) is 2. The van der Waals surface area contributed by atoms with Gasteiger partial charge in [0, 0.05) is 17.1 Å². The lowest BCUT2D eigenvalue weighted by Gasteiger charge is -2.22. The zero-order valence-corrected chi connectivity index (χ0v) is 11.7. The first kappa shape index (κ1) is 15.9. The van der Waals surface area contributed by atoms with Crippen LogP contribution in [0.4, 0.5) is 4.79 Å². The number of hydrogen-bond donors (Lipinski definition) is 2. The van der Waals surface area contributed by atoms with E-state index in [4.69, 9.17) is 18.0 Å². The van der Waals surface area contributed by atoms with Crippen LogP contribution in [0.5, 0.6) is 0 Å². The molecule has 0 heterocycles. The van der Waals surface area contributed by atoms with Gasteiger partial charge in [0.15, 0.2) is 6.04 Å². The van der Waals surface area contributed by atoms with Crippen LogP contribution in [0.15, 0.2) is 24.3 Å². The summed E-state index contributed by atoms with van der Waals surface area (Å²) in [4.78, 5) is 24.6. The molecule has 0 aliphatic heterocycles. The molecule has 2 N–H and O–H groups in total. The van der Waals surface area contributed by atoms with Crippen LogP contribution in [0, 0.1) is 12.3 Å². The molecule has 0 saturated carbocycles. The van der Waals surface area contributed by atoms with E-state index in [0.717, 1.165) is 0 Å². The van der Waals surface area contributed by atoms with Gasteiger partial charge in [0.25, 0.3) is 0 Å². The van der Waals surface area contributed by atoms with E-state index in [1.165, 1.54) is 4.90 Å². The number of halogens is 1. The predicted octanol–water partition coefficient (Wildman–Crippen LogP) is 2.13. The molecule has 0 aliphatic rings. The van der Waals surface area contributed by atoms with Crippen LogP contribution in [0.2, 0.25) is 5.02 Å². The average Bonchev–Trinajstić information content (AvgIpc) is 2.42. The number of amides is 2. The highest BCUT2D eigenvalue weighted by Crippen LogP contribution is 2.23. The molecule has 0 aliphatic carbocycles. The number of carbonyl (C=O) groups is 2. The van der Waals surface area contributed by atoms with Crippen molar-refractivity contribution in [3.63, 3.8) is 0 Å². The molecule has 0 spiro atoms. The Balaban J connectivity index is 2.95. The molecule has 106 valence electrons. The van der Waals surface area contributed by atoms with Crippen molar-refractivity contribution in [2.45, 2.75) is 13.0 Å². The lowest BCUT2D eigenvalue weighted by Crippen LogP contribution is -2.44. The van der Waals surface area contributed by atoms with E-state index in [-0.39, 0.29) is 11.6 Å². The summed E-state index contributed by atoms with van der Waals surface area (Å²) in [7, 11) is 0. The molecule has 1 aromatic rings. The largest absolute Gasteiger partial charge is 0.479 e. The second-order valence-corrected chi connectivity index (χ2v) is 4.37. The molecule has 0 aromatic heterocycles. The average molecular weight is 295 g/mol. The molecule has 2 amide bonds. The summed E-state index contributed by atoms with van der Waals surface area (Å²) in [5, 5.41) is 11.9. The lowest BCUT2D eigenvalue weighted by atomic mass is 10.1. The van der Waals surface area contributed by atoms with E-state index in [2.05, 4.69) is 11.2 Å². The van der Waals surface area contributed by atoms with Crippen molar-refractivity contribution in [3.05, 3.63) is 34.9 Å². The molecular formula is C14H15ClN2O3. The minimum Gasteiger partial charge on any atom is -0.479 e. The van der Waals surface area contributed by atoms with E-state index in [1.807, 2.05) is 0 Å². The number of aliphatic carboxylic acids is 1. The highest BCUT2D eigenvalue weighted by Gasteiger charge is 2.25. The van der Waals surface area contributed by atoms with Gasteiger partial charge in [0.05, 0.1) is 6.54 Å². The smallest absolute Gasteiger partial charge is 0.331 e. The predicted molar refractivity (Wildman–Crippen MR) is 76.4 cm³/mol. The molecule has 0 fully saturated rings. The molecule has 1 atom stereocenters. The van der Waals surface area contributed by atoms with Gasteiger partial charge in [-0.2, -0.15) is 0 Å². The van der Waals surface area contributed by atoms with Gasteiger partial charge in [-0.05, 0) is 13.0 Å². The van der Waals surface area contributed by atoms with Crippen LogP contribution in [0.25, 0.3) is 0 Å². The summed E-state index contributed by atoms with van der Waals surface area (Å²) in [5.41, 5.74) is 0.326. The number of terminal acetylenes is 1. The first-order valence-electron chi connectivity index (χ1n) is 5.97. The SMILES string of the molecule is C#CCN(CC)C(=O)N[C@@H](C(=O)O)c1ccccc1Cl. The second-order valence-electron chi connectivity index (χ2n) is 3.96. The topological polar surface area (TPSA) is 69.6 Å². The molecule has 6 heteroatoms. The van der Waals surface area contributed by atoms with E-state index in [9.17, 15) is 14.7 Å². The quantitative estimate of drug-likeness (QED) is 0.817. The Labute approximate surface area is 122 Å². The van der Waals surface area contributed by atoms with Crippen molar-refractivity contribution in [3.8, 4) is 12.3 Å². The molecule has 1 aromatic carbocycles. The van der Waals surface area contributed by atoms with Crippen LogP contribution < -0.4 is 5.32 Å². The van der Waals surface area contributed by atoms with Crippen molar-refractivity contribution < 1.29 is 14.7 Å². The fraction of sp³-hybridized carbons (Fsp3) is 0.286. The molecule has 1 rings (SSSR count). The van der Waals surface area contributed by atoms with Crippen LogP contribution in [-0.2, 0) is 4.79 Å². The number of urea groups is 1. The third-order valence-electron chi connectivity index (χ3n) is 2.68. The van der Waals surface area contributed by atoms with E-state index < -0.39 is 18.0 Å². The lowest BCUT2D eigenvalue weighted by molar-refractivity contribution is -0.139. The number of carboxylic acids is 1. The van der Waals surface area contributed by atoms with Gasteiger partial charge in [-0.25, -0.2) is 9.59 Å². The number of benzene rings is 1. The molecule has 0 bridgehead atoms. The number of carboxylic acid groups (broad SMARTS) is 1. The molecule has 20 heavy (non-hydrogen) atoms. The summed E-state index contributed by atoms with van der Waals surface area (Å²) in [5.74, 6) is 1.15. The minimum absolute atomic E-state index is 0.108. The summed E-state index contributed by atoms with van der Waals surface area (Å²) in [6.45, 7) is 2.24. The number of rotatable bonds is 5. The fourth-order valence-electron chi connectivity index (χ4n) is 1.63. The van der Waals surface area contributed by atoms with Gasteiger partial charge in [-0.1, -0.05) is 35.7 Å². The van der Waals surface area contributed by atoms with Gasteiger partial charge in [0.1, 0.15) is 0 Å². The number of carbonyl (C=O) groups excluding carboxylic acids is 1. The van der Waals surface area contributed by atoms with Gasteiger partial charge < -0.3 is 15.3 Å². The van der Waals surface area contributed by atoms with Gasteiger partial charge in [-0.3, -0.25) is 0 Å². The van der Waals surface area contributed by atoms with Gasteiger partial charge in [-0.15, -0.1) is 6.42 Å². The van der Waals surface area contributed by atoms with Crippen LogP contribution in [0.3, 0.4) is 0 Å². The Bertz CT molecular complexity index is 539. The standard InChI is InChI=1S/C14H15ClN2O3/c1-3-9-17(4-2)14(20)16-12(13(18)19)10-7-5-6-8-11(10)15/h1,5-8,12H,4,9H2,2H3,(H,16,20)(H,18,19)/t12-/m1/s1. The summed E-state index contributed by atoms with van der Waals surface area (Å²) in [6.07, 6.45) is 5.16.